The highest BCUT2D eigenvalue weighted by Crippen LogP contribution is 2.01. The van der Waals surface area contributed by atoms with Crippen molar-refractivity contribution in [3.8, 4) is 0 Å². The Hall–Kier alpha value is -0.570. The molecule has 9 heavy (non-hydrogen) atoms. The van der Waals surface area contributed by atoms with Crippen LogP contribution in [-0.4, -0.2) is 12.7 Å². The van der Waals surface area contributed by atoms with E-state index in [2.05, 4.69) is 4.74 Å². The molecule has 0 aromatic carbocycles. The van der Waals surface area contributed by atoms with Crippen LogP contribution in [-0.2, 0) is 9.53 Å². The number of nitrogens with two attached hydrogens (primary N) is 1. The van der Waals surface area contributed by atoms with Gasteiger partial charge in [0.1, 0.15) is 6.73 Å². The second kappa shape index (κ2) is 4.32. The fourth-order valence-corrected chi connectivity index (χ4v) is 0.391. The summed E-state index contributed by atoms with van der Waals surface area (Å²) < 4.78 is 4.53. The van der Waals surface area contributed by atoms with E-state index in [1.807, 2.05) is 13.8 Å². The van der Waals surface area contributed by atoms with Crippen LogP contribution in [0.2, 0.25) is 0 Å². The van der Waals surface area contributed by atoms with E-state index in [9.17, 15) is 4.79 Å². The van der Waals surface area contributed by atoms with Crippen molar-refractivity contribution in [2.24, 2.45) is 11.7 Å². The average molecular weight is 131 g/mol. The summed E-state index contributed by atoms with van der Waals surface area (Å²) in [5, 5.41) is 0. The van der Waals surface area contributed by atoms with Gasteiger partial charge in [-0.05, 0) is 6.42 Å². The number of ether oxygens (including phenoxy) is 1. The number of carbonyl (C=O) groups is 1. The lowest BCUT2D eigenvalue weighted by Gasteiger charge is -2.05. The van der Waals surface area contributed by atoms with E-state index >= 15 is 0 Å². The fraction of sp³-hybridized carbons (Fsp3) is 0.833. The topological polar surface area (TPSA) is 52.3 Å². The third kappa shape index (κ3) is 3.08. The van der Waals surface area contributed by atoms with Crippen molar-refractivity contribution in [2.75, 3.05) is 6.73 Å². The largest absolute Gasteiger partial charge is 0.450 e. The fourth-order valence-electron chi connectivity index (χ4n) is 0.391. The van der Waals surface area contributed by atoms with Gasteiger partial charge in [0, 0.05) is 0 Å². The summed E-state index contributed by atoms with van der Waals surface area (Å²) in [6.45, 7) is 3.74. The monoisotopic (exact) mass is 131 g/mol. The first-order valence-electron chi connectivity index (χ1n) is 3.09. The van der Waals surface area contributed by atoms with Crippen molar-refractivity contribution < 1.29 is 9.53 Å². The van der Waals surface area contributed by atoms with Crippen molar-refractivity contribution in [1.29, 1.82) is 0 Å². The molecule has 0 aromatic heterocycles. The van der Waals surface area contributed by atoms with E-state index in [1.165, 1.54) is 0 Å². The summed E-state index contributed by atoms with van der Waals surface area (Å²) in [4.78, 5) is 10.7. The lowest BCUT2D eigenvalue weighted by atomic mass is 10.1. The quantitative estimate of drug-likeness (QED) is 0.448. The molecular formula is C6H13NO2. The molecule has 0 aromatic rings. The first kappa shape index (κ1) is 8.43. The van der Waals surface area contributed by atoms with Gasteiger partial charge in [-0.1, -0.05) is 13.8 Å². The lowest BCUT2D eigenvalue weighted by molar-refractivity contribution is -0.147. The smallest absolute Gasteiger partial charge is 0.309 e. The molecule has 0 rings (SSSR count). The molecule has 0 heterocycles. The molecule has 54 valence electrons. The van der Waals surface area contributed by atoms with Gasteiger partial charge in [0.2, 0.25) is 0 Å². The van der Waals surface area contributed by atoms with E-state index in [4.69, 9.17) is 5.73 Å². The van der Waals surface area contributed by atoms with E-state index < -0.39 is 0 Å². The predicted octanol–water partition coefficient (Wildman–Crippen LogP) is 0.492. The van der Waals surface area contributed by atoms with Crippen LogP contribution in [0.5, 0.6) is 0 Å². The third-order valence-electron chi connectivity index (χ3n) is 1.24. The normalized spacial score (nSPS) is 12.8. The molecule has 3 heteroatoms. The molecule has 0 spiro atoms. The van der Waals surface area contributed by atoms with E-state index in [1.54, 1.807) is 0 Å². The van der Waals surface area contributed by atoms with Crippen LogP contribution in [0.15, 0.2) is 0 Å². The number of hydrogen-bond acceptors (Lipinski definition) is 3. The van der Waals surface area contributed by atoms with Gasteiger partial charge in [-0.3, -0.25) is 10.5 Å². The lowest BCUT2D eigenvalue weighted by Crippen LogP contribution is -2.18. The van der Waals surface area contributed by atoms with Gasteiger partial charge in [-0.2, -0.15) is 0 Å². The molecular weight excluding hydrogens is 118 g/mol. The molecule has 0 bridgehead atoms. The van der Waals surface area contributed by atoms with Gasteiger partial charge < -0.3 is 4.74 Å². The van der Waals surface area contributed by atoms with Crippen LogP contribution < -0.4 is 5.73 Å². The Balaban J connectivity index is 3.46. The molecule has 1 unspecified atom stereocenters. The summed E-state index contributed by atoms with van der Waals surface area (Å²) in [6.07, 6.45) is 0.804. The molecule has 0 aliphatic heterocycles. The Labute approximate surface area is 55.2 Å². The highest BCUT2D eigenvalue weighted by atomic mass is 16.5. The van der Waals surface area contributed by atoms with E-state index in [0.717, 1.165) is 6.42 Å². The van der Waals surface area contributed by atoms with Gasteiger partial charge in [-0.25, -0.2) is 0 Å². The Morgan fingerprint density at radius 1 is 1.78 bits per heavy atom. The van der Waals surface area contributed by atoms with Crippen molar-refractivity contribution in [1.82, 2.24) is 0 Å². The van der Waals surface area contributed by atoms with Gasteiger partial charge in [-0.15, -0.1) is 0 Å². The van der Waals surface area contributed by atoms with Crippen LogP contribution in [0.25, 0.3) is 0 Å². The zero-order valence-electron chi connectivity index (χ0n) is 5.89. The molecule has 3 nitrogen and oxygen atoms in total. The Bertz CT molecular complexity index is 93.1. The zero-order chi connectivity index (χ0) is 7.28. The number of esters is 1. The second-order valence-electron chi connectivity index (χ2n) is 1.94. The minimum absolute atomic E-state index is 0.0107. The SMILES string of the molecule is CCC(C)C(=O)OCN. The standard InChI is InChI=1S/C6H13NO2/c1-3-5(2)6(8)9-4-7/h5H,3-4,7H2,1-2H3. The predicted molar refractivity (Wildman–Crippen MR) is 34.6 cm³/mol. The summed E-state index contributed by atoms with van der Waals surface area (Å²) in [5.74, 6) is -0.228. The van der Waals surface area contributed by atoms with Crippen molar-refractivity contribution in [3.05, 3.63) is 0 Å². The van der Waals surface area contributed by atoms with E-state index in [0.29, 0.717) is 0 Å². The molecule has 1 atom stereocenters. The second-order valence-corrected chi connectivity index (χ2v) is 1.94. The maximum absolute atomic E-state index is 10.7. The van der Waals surface area contributed by atoms with Crippen LogP contribution in [0.4, 0.5) is 0 Å². The maximum atomic E-state index is 10.7. The molecule has 0 fully saturated rings. The molecule has 2 N–H and O–H groups in total. The summed E-state index contributed by atoms with van der Waals surface area (Å²) in [6, 6.07) is 0. The summed E-state index contributed by atoms with van der Waals surface area (Å²) in [5.41, 5.74) is 4.98. The van der Waals surface area contributed by atoms with Gasteiger partial charge in [0.05, 0.1) is 5.92 Å². The van der Waals surface area contributed by atoms with Gasteiger partial charge >= 0.3 is 5.97 Å². The minimum Gasteiger partial charge on any atom is -0.450 e. The minimum atomic E-state index is -0.208. The summed E-state index contributed by atoms with van der Waals surface area (Å²) in [7, 11) is 0. The molecule has 0 saturated carbocycles. The van der Waals surface area contributed by atoms with Crippen molar-refractivity contribution in [2.45, 2.75) is 20.3 Å². The molecule has 0 saturated heterocycles. The van der Waals surface area contributed by atoms with Crippen molar-refractivity contribution >= 4 is 5.97 Å². The first-order valence-corrected chi connectivity index (χ1v) is 3.09. The van der Waals surface area contributed by atoms with Crippen LogP contribution in [0.1, 0.15) is 20.3 Å². The molecule has 0 aliphatic carbocycles. The number of hydrogen-bond donors (Lipinski definition) is 1. The maximum Gasteiger partial charge on any atom is 0.309 e. The Morgan fingerprint density at radius 2 is 2.33 bits per heavy atom. The Morgan fingerprint density at radius 3 is 2.67 bits per heavy atom. The Kier molecular flexibility index (Phi) is 4.05. The number of rotatable bonds is 3. The average Bonchev–Trinajstić information content (AvgIpc) is 1.87. The van der Waals surface area contributed by atoms with Crippen LogP contribution >= 0.6 is 0 Å². The molecule has 0 aliphatic rings. The van der Waals surface area contributed by atoms with Gasteiger partial charge in [0.15, 0.2) is 0 Å². The zero-order valence-corrected chi connectivity index (χ0v) is 5.89. The van der Waals surface area contributed by atoms with E-state index in [-0.39, 0.29) is 18.6 Å². The third-order valence-corrected chi connectivity index (χ3v) is 1.24. The highest BCUT2D eigenvalue weighted by molar-refractivity contribution is 5.71. The van der Waals surface area contributed by atoms with Crippen LogP contribution in [0.3, 0.4) is 0 Å². The van der Waals surface area contributed by atoms with Crippen LogP contribution in [0, 0.1) is 5.92 Å². The van der Waals surface area contributed by atoms with Crippen molar-refractivity contribution in [3.63, 3.8) is 0 Å². The highest BCUT2D eigenvalue weighted by Gasteiger charge is 2.09. The molecule has 0 radical (unpaired) electrons. The summed E-state index contributed by atoms with van der Waals surface area (Å²) >= 11 is 0. The van der Waals surface area contributed by atoms with Gasteiger partial charge in [0.25, 0.3) is 0 Å². The number of carbonyl (C=O) groups excluding carboxylic acids is 1. The molecule has 0 amide bonds. The first-order chi connectivity index (χ1) is 4.22.